The van der Waals surface area contributed by atoms with Crippen molar-refractivity contribution < 1.29 is 13.2 Å². The first-order valence-corrected chi connectivity index (χ1v) is 5.79. The van der Waals surface area contributed by atoms with Gasteiger partial charge in [-0.15, -0.1) is 0 Å². The molecule has 0 aliphatic carbocycles. The third-order valence-electron chi connectivity index (χ3n) is 2.22. The fraction of sp³-hybridized carbons (Fsp3) is 0. The Morgan fingerprint density at radius 1 is 0.889 bits per heavy atom. The molecule has 0 atom stereocenters. The Labute approximate surface area is 110 Å². The summed E-state index contributed by atoms with van der Waals surface area (Å²) in [5.41, 5.74) is 0.697. The molecule has 18 heavy (non-hydrogen) atoms. The number of hydrogen-bond acceptors (Lipinski definition) is 1. The summed E-state index contributed by atoms with van der Waals surface area (Å²) < 4.78 is 39.8. The molecule has 0 saturated heterocycles. The van der Waals surface area contributed by atoms with Crippen LogP contribution in [0.15, 0.2) is 35.1 Å². The van der Waals surface area contributed by atoms with Crippen LogP contribution in [-0.2, 0) is 0 Å². The summed E-state index contributed by atoms with van der Waals surface area (Å²) in [6, 6.07) is 3.10. The highest BCUT2D eigenvalue weighted by Crippen LogP contribution is 2.17. The Hall–Kier alpha value is -1.62. The van der Waals surface area contributed by atoms with E-state index in [-0.39, 0.29) is 5.56 Å². The van der Waals surface area contributed by atoms with Gasteiger partial charge < -0.3 is 0 Å². The predicted octanol–water partition coefficient (Wildman–Crippen LogP) is 4.43. The van der Waals surface area contributed by atoms with Crippen LogP contribution in [0, 0.1) is 17.5 Å². The van der Waals surface area contributed by atoms with Gasteiger partial charge in [-0.2, -0.15) is 0 Å². The van der Waals surface area contributed by atoms with E-state index in [0.29, 0.717) is 11.6 Å². The molecular formula is C13H7BrF3N. The quantitative estimate of drug-likeness (QED) is 0.747. The normalized spacial score (nSPS) is 11.1. The first kappa shape index (κ1) is 12.8. The van der Waals surface area contributed by atoms with Gasteiger partial charge in [-0.05, 0) is 33.6 Å². The van der Waals surface area contributed by atoms with Crippen molar-refractivity contribution in [2.45, 2.75) is 0 Å². The highest BCUT2D eigenvalue weighted by molar-refractivity contribution is 9.10. The summed E-state index contributed by atoms with van der Waals surface area (Å²) in [6.07, 6.45) is 6.10. The van der Waals surface area contributed by atoms with Crippen molar-refractivity contribution in [1.29, 1.82) is 0 Å². The molecule has 0 N–H and O–H groups in total. The average molecular weight is 314 g/mol. The van der Waals surface area contributed by atoms with Gasteiger partial charge in [0.25, 0.3) is 0 Å². The van der Waals surface area contributed by atoms with Gasteiger partial charge in [0.05, 0.1) is 0 Å². The van der Waals surface area contributed by atoms with Gasteiger partial charge in [0.1, 0.15) is 5.82 Å². The van der Waals surface area contributed by atoms with Crippen LogP contribution in [0.1, 0.15) is 11.1 Å². The van der Waals surface area contributed by atoms with E-state index in [0.717, 1.165) is 10.5 Å². The van der Waals surface area contributed by atoms with Gasteiger partial charge in [0.2, 0.25) is 0 Å². The minimum absolute atomic E-state index is 0.0196. The number of benzene rings is 1. The molecule has 0 unspecified atom stereocenters. The lowest BCUT2D eigenvalue weighted by Gasteiger charge is -1.99. The van der Waals surface area contributed by atoms with Gasteiger partial charge >= 0.3 is 0 Å². The molecule has 0 aliphatic rings. The largest absolute Gasteiger partial charge is 0.263 e. The lowest BCUT2D eigenvalue weighted by Crippen LogP contribution is -1.90. The first-order valence-electron chi connectivity index (χ1n) is 4.99. The lowest BCUT2D eigenvalue weighted by molar-refractivity contribution is 0.494. The smallest absolute Gasteiger partial charge is 0.161 e. The van der Waals surface area contributed by atoms with Crippen LogP contribution in [0.3, 0.4) is 0 Å². The van der Waals surface area contributed by atoms with Gasteiger partial charge in [-0.3, -0.25) is 4.98 Å². The first-order chi connectivity index (χ1) is 8.56. The maximum atomic E-state index is 13.3. The highest BCUT2D eigenvalue weighted by atomic mass is 79.9. The fourth-order valence-electron chi connectivity index (χ4n) is 1.37. The molecule has 2 aromatic rings. The molecule has 0 aliphatic heterocycles. The van der Waals surface area contributed by atoms with Gasteiger partial charge in [-0.1, -0.05) is 12.2 Å². The van der Waals surface area contributed by atoms with Crippen LogP contribution >= 0.6 is 15.9 Å². The summed E-state index contributed by atoms with van der Waals surface area (Å²) >= 11 is 3.24. The van der Waals surface area contributed by atoms with Crippen LogP contribution in [0.2, 0.25) is 0 Å². The van der Waals surface area contributed by atoms with Crippen molar-refractivity contribution in [2.24, 2.45) is 0 Å². The molecule has 0 fully saturated rings. The maximum Gasteiger partial charge on any atom is 0.161 e. The summed E-state index contributed by atoms with van der Waals surface area (Å²) in [5, 5.41) is 0. The number of aromatic nitrogens is 1. The zero-order valence-electron chi connectivity index (χ0n) is 9.00. The van der Waals surface area contributed by atoms with E-state index < -0.39 is 17.5 Å². The average Bonchev–Trinajstić information content (AvgIpc) is 2.32. The molecule has 0 saturated carbocycles. The second-order valence-electron chi connectivity index (χ2n) is 3.56. The fourth-order valence-corrected chi connectivity index (χ4v) is 1.75. The molecule has 0 amide bonds. The Balaban J connectivity index is 2.32. The van der Waals surface area contributed by atoms with Crippen molar-refractivity contribution >= 4 is 28.1 Å². The van der Waals surface area contributed by atoms with Gasteiger partial charge in [0, 0.05) is 28.5 Å². The van der Waals surface area contributed by atoms with E-state index in [1.165, 1.54) is 6.08 Å². The molecule has 1 nitrogen and oxygen atoms in total. The van der Waals surface area contributed by atoms with Crippen molar-refractivity contribution in [3.8, 4) is 0 Å². The zero-order chi connectivity index (χ0) is 13.1. The Morgan fingerprint density at radius 3 is 2.33 bits per heavy atom. The summed E-state index contributed by atoms with van der Waals surface area (Å²) in [5.74, 6) is -3.09. The van der Waals surface area contributed by atoms with Crippen LogP contribution < -0.4 is 0 Å². The number of pyridine rings is 1. The monoisotopic (exact) mass is 313 g/mol. The number of rotatable bonds is 2. The summed E-state index contributed by atoms with van der Waals surface area (Å²) in [7, 11) is 0. The molecule has 0 bridgehead atoms. The number of nitrogens with zero attached hydrogens (tertiary/aromatic N) is 1. The Morgan fingerprint density at radius 2 is 1.61 bits per heavy atom. The topological polar surface area (TPSA) is 12.9 Å². The van der Waals surface area contributed by atoms with E-state index in [4.69, 9.17) is 0 Å². The molecule has 1 aromatic heterocycles. The molecule has 1 aromatic carbocycles. The van der Waals surface area contributed by atoms with Crippen LogP contribution in [0.4, 0.5) is 13.2 Å². The molecule has 92 valence electrons. The SMILES string of the molecule is Fc1cc(F)c(C=Cc2cncc(Br)c2)cc1F. The van der Waals surface area contributed by atoms with Crippen LogP contribution in [0.5, 0.6) is 0 Å². The second-order valence-corrected chi connectivity index (χ2v) is 4.47. The standard InChI is InChI=1S/C13H7BrF3N/c14-10-3-8(6-18-7-10)1-2-9-4-12(16)13(17)5-11(9)15/h1-7H. The number of halogens is 4. The van der Waals surface area contributed by atoms with Crippen molar-refractivity contribution in [3.05, 3.63) is 63.6 Å². The van der Waals surface area contributed by atoms with Gasteiger partial charge in [0.15, 0.2) is 11.6 Å². The molecular weight excluding hydrogens is 307 g/mol. The van der Waals surface area contributed by atoms with E-state index >= 15 is 0 Å². The molecule has 0 radical (unpaired) electrons. The van der Waals surface area contributed by atoms with Crippen molar-refractivity contribution in [1.82, 2.24) is 4.98 Å². The van der Waals surface area contributed by atoms with E-state index in [2.05, 4.69) is 20.9 Å². The number of hydrogen-bond donors (Lipinski definition) is 0. The molecule has 2 rings (SSSR count). The van der Waals surface area contributed by atoms with E-state index in [1.807, 2.05) is 0 Å². The third-order valence-corrected chi connectivity index (χ3v) is 2.65. The maximum absolute atomic E-state index is 13.3. The molecule has 0 spiro atoms. The van der Waals surface area contributed by atoms with E-state index in [9.17, 15) is 13.2 Å². The van der Waals surface area contributed by atoms with Gasteiger partial charge in [-0.25, -0.2) is 13.2 Å². The Kier molecular flexibility index (Phi) is 3.81. The second kappa shape index (κ2) is 5.35. The Bertz CT molecular complexity index is 611. The van der Waals surface area contributed by atoms with Crippen molar-refractivity contribution in [3.63, 3.8) is 0 Å². The van der Waals surface area contributed by atoms with Crippen LogP contribution in [-0.4, -0.2) is 4.98 Å². The lowest BCUT2D eigenvalue weighted by atomic mass is 10.1. The summed E-state index contributed by atoms with van der Waals surface area (Å²) in [6.45, 7) is 0. The zero-order valence-corrected chi connectivity index (χ0v) is 10.6. The van der Waals surface area contributed by atoms with E-state index in [1.54, 1.807) is 24.5 Å². The molecule has 5 heteroatoms. The minimum Gasteiger partial charge on any atom is -0.263 e. The predicted molar refractivity (Wildman–Crippen MR) is 67.2 cm³/mol. The molecule has 1 heterocycles. The van der Waals surface area contributed by atoms with Crippen molar-refractivity contribution in [2.75, 3.05) is 0 Å². The minimum atomic E-state index is -1.20. The summed E-state index contributed by atoms with van der Waals surface area (Å²) in [4.78, 5) is 3.92. The third kappa shape index (κ3) is 2.98. The van der Waals surface area contributed by atoms with Crippen LogP contribution in [0.25, 0.3) is 12.2 Å². The highest BCUT2D eigenvalue weighted by Gasteiger charge is 2.07.